The second-order valence-corrected chi connectivity index (χ2v) is 4.48. The molecule has 0 saturated heterocycles. The molecule has 1 N–H and O–H groups in total. The molecule has 0 rings (SSSR count). The van der Waals surface area contributed by atoms with Crippen molar-refractivity contribution >= 4 is 11.9 Å². The van der Waals surface area contributed by atoms with Gasteiger partial charge in [0.25, 0.3) is 0 Å². The molecule has 0 fully saturated rings. The molecule has 0 bridgehead atoms. The molecule has 4 nitrogen and oxygen atoms in total. The van der Waals surface area contributed by atoms with Gasteiger partial charge in [-0.1, -0.05) is 32.6 Å². The van der Waals surface area contributed by atoms with E-state index in [1.54, 1.807) is 13.8 Å². The Hall–Kier alpha value is -1.06. The van der Waals surface area contributed by atoms with Crippen LogP contribution in [0.25, 0.3) is 0 Å². The van der Waals surface area contributed by atoms with Crippen molar-refractivity contribution in [3.63, 3.8) is 0 Å². The van der Waals surface area contributed by atoms with Gasteiger partial charge in [-0.15, -0.1) is 0 Å². The Balaban J connectivity index is 3.43. The number of rotatable bonds is 9. The molecule has 0 aromatic heterocycles. The molecule has 1 amide bonds. The first-order valence-electron chi connectivity index (χ1n) is 6.52. The molecule has 0 heterocycles. The Morgan fingerprint density at radius 1 is 1.12 bits per heavy atom. The van der Waals surface area contributed by atoms with E-state index >= 15 is 0 Å². The first-order valence-corrected chi connectivity index (χ1v) is 6.52. The summed E-state index contributed by atoms with van der Waals surface area (Å²) in [6.45, 7) is 5.71. The lowest BCUT2D eigenvalue weighted by molar-refractivity contribution is -0.147. The molecule has 0 aliphatic carbocycles. The van der Waals surface area contributed by atoms with Crippen molar-refractivity contribution in [1.29, 1.82) is 0 Å². The van der Waals surface area contributed by atoms with Crippen LogP contribution in [0.1, 0.15) is 59.3 Å². The fourth-order valence-corrected chi connectivity index (χ4v) is 1.45. The van der Waals surface area contributed by atoms with E-state index in [1.807, 2.05) is 0 Å². The average molecular weight is 243 g/mol. The van der Waals surface area contributed by atoms with E-state index in [-0.39, 0.29) is 24.5 Å². The van der Waals surface area contributed by atoms with Gasteiger partial charge in [-0.25, -0.2) is 0 Å². The molecule has 100 valence electrons. The highest BCUT2D eigenvalue weighted by atomic mass is 16.5. The van der Waals surface area contributed by atoms with Crippen LogP contribution in [0, 0.1) is 0 Å². The predicted octanol–water partition coefficient (Wildman–Crippen LogP) is 2.41. The number of carbonyl (C=O) groups is 2. The quantitative estimate of drug-likeness (QED) is 0.500. The van der Waals surface area contributed by atoms with Crippen molar-refractivity contribution in [3.05, 3.63) is 0 Å². The average Bonchev–Trinajstić information content (AvgIpc) is 2.25. The van der Waals surface area contributed by atoms with E-state index in [9.17, 15) is 9.59 Å². The van der Waals surface area contributed by atoms with Crippen molar-refractivity contribution in [3.8, 4) is 0 Å². The molecule has 0 unspecified atom stereocenters. The van der Waals surface area contributed by atoms with Crippen LogP contribution in [-0.2, 0) is 14.3 Å². The number of hydrogen-bond donors (Lipinski definition) is 1. The van der Waals surface area contributed by atoms with E-state index in [0.29, 0.717) is 6.42 Å². The maximum atomic E-state index is 11.3. The zero-order valence-corrected chi connectivity index (χ0v) is 11.3. The van der Waals surface area contributed by atoms with Crippen molar-refractivity contribution in [2.45, 2.75) is 65.4 Å². The second-order valence-electron chi connectivity index (χ2n) is 4.48. The first-order chi connectivity index (χ1) is 8.06. The van der Waals surface area contributed by atoms with Crippen molar-refractivity contribution in [1.82, 2.24) is 5.32 Å². The third kappa shape index (κ3) is 11.2. The minimum Gasteiger partial charge on any atom is -0.462 e. The molecule has 0 saturated carbocycles. The highest BCUT2D eigenvalue weighted by Crippen LogP contribution is 2.04. The van der Waals surface area contributed by atoms with Gasteiger partial charge in [-0.2, -0.15) is 0 Å². The fourth-order valence-electron chi connectivity index (χ4n) is 1.45. The van der Waals surface area contributed by atoms with Gasteiger partial charge in [-0.3, -0.25) is 9.59 Å². The zero-order valence-electron chi connectivity index (χ0n) is 11.3. The van der Waals surface area contributed by atoms with Crippen molar-refractivity contribution in [2.24, 2.45) is 0 Å². The van der Waals surface area contributed by atoms with Gasteiger partial charge in [0.15, 0.2) is 0 Å². The predicted molar refractivity (Wildman–Crippen MR) is 67.6 cm³/mol. The molecule has 0 radical (unpaired) electrons. The van der Waals surface area contributed by atoms with Crippen LogP contribution in [-0.4, -0.2) is 24.5 Å². The minimum atomic E-state index is -0.376. The van der Waals surface area contributed by atoms with Crippen LogP contribution in [0.15, 0.2) is 0 Å². The maximum Gasteiger partial charge on any atom is 0.325 e. The van der Waals surface area contributed by atoms with Crippen molar-refractivity contribution in [2.75, 3.05) is 6.54 Å². The van der Waals surface area contributed by atoms with Gasteiger partial charge in [-0.05, 0) is 20.3 Å². The summed E-state index contributed by atoms with van der Waals surface area (Å²) >= 11 is 0. The zero-order chi connectivity index (χ0) is 13.1. The topological polar surface area (TPSA) is 55.4 Å². The summed E-state index contributed by atoms with van der Waals surface area (Å²) in [5.74, 6) is -0.443. The number of nitrogens with one attached hydrogen (secondary N) is 1. The van der Waals surface area contributed by atoms with Gasteiger partial charge in [0.2, 0.25) is 5.91 Å². The summed E-state index contributed by atoms with van der Waals surface area (Å²) in [6.07, 6.45) is 5.95. The second kappa shape index (κ2) is 10.1. The summed E-state index contributed by atoms with van der Waals surface area (Å²) in [5, 5.41) is 2.57. The fraction of sp³-hybridized carbons (Fsp3) is 0.846. The molecular weight excluding hydrogens is 218 g/mol. The van der Waals surface area contributed by atoms with Crippen LogP contribution in [0.3, 0.4) is 0 Å². The summed E-state index contributed by atoms with van der Waals surface area (Å²) < 4.78 is 4.90. The van der Waals surface area contributed by atoms with Gasteiger partial charge in [0.05, 0.1) is 6.10 Å². The molecule has 0 aromatic carbocycles. The van der Waals surface area contributed by atoms with Gasteiger partial charge >= 0.3 is 5.97 Å². The smallest absolute Gasteiger partial charge is 0.325 e. The standard InChI is InChI=1S/C13H25NO3/c1-4-5-6-7-8-9-12(15)14-10-13(16)17-11(2)3/h11H,4-10H2,1-3H3,(H,14,15). The van der Waals surface area contributed by atoms with E-state index in [0.717, 1.165) is 12.8 Å². The Morgan fingerprint density at radius 3 is 2.35 bits per heavy atom. The molecule has 0 spiro atoms. The van der Waals surface area contributed by atoms with E-state index in [1.165, 1.54) is 19.3 Å². The van der Waals surface area contributed by atoms with Crippen molar-refractivity contribution < 1.29 is 14.3 Å². The summed E-state index contributed by atoms with van der Waals surface area (Å²) in [5.41, 5.74) is 0. The minimum absolute atomic E-state index is 0.0219. The largest absolute Gasteiger partial charge is 0.462 e. The highest BCUT2D eigenvalue weighted by Gasteiger charge is 2.07. The maximum absolute atomic E-state index is 11.3. The third-order valence-corrected chi connectivity index (χ3v) is 2.30. The van der Waals surface area contributed by atoms with Crippen LogP contribution >= 0.6 is 0 Å². The Morgan fingerprint density at radius 2 is 1.76 bits per heavy atom. The highest BCUT2D eigenvalue weighted by molar-refractivity contribution is 5.81. The lowest BCUT2D eigenvalue weighted by atomic mass is 10.1. The summed E-state index contributed by atoms with van der Waals surface area (Å²) in [4.78, 5) is 22.5. The van der Waals surface area contributed by atoms with Crippen LogP contribution in [0.2, 0.25) is 0 Å². The monoisotopic (exact) mass is 243 g/mol. The van der Waals surface area contributed by atoms with Crippen LogP contribution in [0.5, 0.6) is 0 Å². The summed E-state index contributed by atoms with van der Waals surface area (Å²) in [7, 11) is 0. The van der Waals surface area contributed by atoms with E-state index < -0.39 is 0 Å². The molecule has 0 aromatic rings. The number of hydrogen-bond acceptors (Lipinski definition) is 3. The summed E-state index contributed by atoms with van der Waals surface area (Å²) in [6, 6.07) is 0. The number of esters is 1. The van der Waals surface area contributed by atoms with E-state index in [4.69, 9.17) is 4.74 Å². The van der Waals surface area contributed by atoms with Gasteiger partial charge in [0, 0.05) is 6.42 Å². The molecule has 4 heteroatoms. The Kier molecular flexibility index (Phi) is 9.49. The lowest BCUT2D eigenvalue weighted by Crippen LogP contribution is -2.31. The molecule has 0 aliphatic rings. The third-order valence-electron chi connectivity index (χ3n) is 2.30. The van der Waals surface area contributed by atoms with Crippen LogP contribution < -0.4 is 5.32 Å². The molecule has 0 atom stereocenters. The number of amides is 1. The van der Waals surface area contributed by atoms with E-state index in [2.05, 4.69) is 12.2 Å². The Bertz CT molecular complexity index is 227. The lowest BCUT2D eigenvalue weighted by Gasteiger charge is -2.08. The molecule has 0 aliphatic heterocycles. The van der Waals surface area contributed by atoms with Crippen LogP contribution in [0.4, 0.5) is 0 Å². The SMILES string of the molecule is CCCCCCCC(=O)NCC(=O)OC(C)C. The number of ether oxygens (including phenoxy) is 1. The van der Waals surface area contributed by atoms with Gasteiger partial charge < -0.3 is 10.1 Å². The first kappa shape index (κ1) is 15.9. The normalized spacial score (nSPS) is 10.4. The molecule has 17 heavy (non-hydrogen) atoms. The van der Waals surface area contributed by atoms with Gasteiger partial charge in [0.1, 0.15) is 6.54 Å². The molecular formula is C13H25NO3. The Labute approximate surface area is 104 Å². The number of carbonyl (C=O) groups excluding carboxylic acids is 2. The number of unbranched alkanes of at least 4 members (excludes halogenated alkanes) is 4.